The number of carbonyl (C=O) groups excluding carboxylic acids is 1. The van der Waals surface area contributed by atoms with Crippen LogP contribution in [0.2, 0.25) is 0 Å². The van der Waals surface area contributed by atoms with Gasteiger partial charge in [0.25, 0.3) is 0 Å². The third-order valence-corrected chi connectivity index (χ3v) is 4.46. The molecule has 2 aromatic heterocycles. The molecular weight excluding hydrogens is 322 g/mol. The Morgan fingerprint density at radius 3 is 2.75 bits per heavy atom. The summed E-state index contributed by atoms with van der Waals surface area (Å²) in [5.74, 6) is 0.282. The van der Waals surface area contributed by atoms with Crippen molar-refractivity contribution in [2.24, 2.45) is 7.05 Å². The first-order chi connectivity index (χ1) is 11.6. The number of nitrogens with zero attached hydrogens (tertiary/aromatic N) is 3. The topological polar surface area (TPSA) is 67.9 Å². The van der Waals surface area contributed by atoms with Crippen molar-refractivity contribution in [3.63, 3.8) is 0 Å². The highest BCUT2D eigenvalue weighted by Gasteiger charge is 2.15. The van der Waals surface area contributed by atoms with Crippen LogP contribution in [0, 0.1) is 11.3 Å². The number of hydrogen-bond donors (Lipinski definition) is 0. The summed E-state index contributed by atoms with van der Waals surface area (Å²) in [5, 5.41) is 10.7. The number of aryl methyl sites for hydroxylation is 1. The van der Waals surface area contributed by atoms with Gasteiger partial charge in [-0.15, -0.1) is 11.8 Å². The lowest BCUT2D eigenvalue weighted by Gasteiger charge is -2.07. The van der Waals surface area contributed by atoms with Crippen LogP contribution in [0.15, 0.2) is 41.6 Å². The lowest BCUT2D eigenvalue weighted by molar-refractivity contribution is 0.103. The average Bonchev–Trinajstić information content (AvgIpc) is 2.95. The fraction of sp³-hybridized carbons (Fsp3) is 0.167. The Bertz CT molecular complexity index is 964. The summed E-state index contributed by atoms with van der Waals surface area (Å²) in [6.45, 7) is 0. The monoisotopic (exact) mass is 337 g/mol. The van der Waals surface area contributed by atoms with Crippen LogP contribution in [0.25, 0.3) is 10.9 Å². The molecule has 1 aromatic carbocycles. The number of aromatic nitrogens is 2. The largest absolute Gasteiger partial charge is 0.481 e. The van der Waals surface area contributed by atoms with E-state index >= 15 is 0 Å². The Labute approximate surface area is 143 Å². The van der Waals surface area contributed by atoms with E-state index < -0.39 is 0 Å². The molecule has 6 heteroatoms. The van der Waals surface area contributed by atoms with Crippen LogP contribution in [-0.2, 0) is 7.05 Å². The van der Waals surface area contributed by atoms with Gasteiger partial charge in [-0.25, -0.2) is 4.98 Å². The maximum Gasteiger partial charge on any atom is 0.214 e. The quantitative estimate of drug-likeness (QED) is 0.539. The number of ether oxygens (including phenoxy) is 1. The van der Waals surface area contributed by atoms with Gasteiger partial charge in [0.15, 0.2) is 5.78 Å². The lowest BCUT2D eigenvalue weighted by Crippen LogP contribution is -2.03. The van der Waals surface area contributed by atoms with Crippen LogP contribution in [0.5, 0.6) is 5.88 Å². The van der Waals surface area contributed by atoms with Crippen molar-refractivity contribution < 1.29 is 9.53 Å². The maximum atomic E-state index is 12.9. The molecule has 24 heavy (non-hydrogen) atoms. The van der Waals surface area contributed by atoms with E-state index in [0.717, 1.165) is 15.9 Å². The molecule has 2 heterocycles. The van der Waals surface area contributed by atoms with Crippen molar-refractivity contribution in [3.8, 4) is 11.9 Å². The Kier molecular flexibility index (Phi) is 4.28. The predicted octanol–water partition coefficient (Wildman–Crippen LogP) is 3.41. The third-order valence-electron chi connectivity index (χ3n) is 3.83. The summed E-state index contributed by atoms with van der Waals surface area (Å²) >= 11 is 1.45. The minimum atomic E-state index is -0.124. The molecule has 0 N–H and O–H groups in total. The van der Waals surface area contributed by atoms with Crippen LogP contribution < -0.4 is 4.74 Å². The first-order valence-electron chi connectivity index (χ1n) is 7.21. The number of benzene rings is 1. The van der Waals surface area contributed by atoms with Gasteiger partial charge < -0.3 is 9.30 Å². The first-order valence-corrected chi connectivity index (χ1v) is 8.43. The summed E-state index contributed by atoms with van der Waals surface area (Å²) < 4.78 is 7.05. The molecule has 3 rings (SSSR count). The summed E-state index contributed by atoms with van der Waals surface area (Å²) in [4.78, 5) is 17.1. The average molecular weight is 337 g/mol. The molecule has 0 aliphatic heterocycles. The smallest absolute Gasteiger partial charge is 0.214 e. The summed E-state index contributed by atoms with van der Waals surface area (Å²) in [7, 11) is 3.40. The normalized spacial score (nSPS) is 10.6. The van der Waals surface area contributed by atoms with Gasteiger partial charge in [0.1, 0.15) is 11.1 Å². The number of pyridine rings is 1. The van der Waals surface area contributed by atoms with Crippen LogP contribution in [0.1, 0.15) is 21.5 Å². The highest BCUT2D eigenvalue weighted by atomic mass is 32.2. The summed E-state index contributed by atoms with van der Waals surface area (Å²) in [5.41, 5.74) is 2.52. The van der Waals surface area contributed by atoms with Gasteiger partial charge in [0.2, 0.25) is 5.88 Å². The van der Waals surface area contributed by atoms with E-state index in [1.165, 1.54) is 18.9 Å². The standard InChI is InChI=1S/C18H15N3O2S/c1-21-10-13(9-19)14-6-11(4-5-15(14)21)18(22)12-7-16(23-2)20-17(8-12)24-3/h4-8,10H,1-3H3. The Balaban J connectivity index is 2.10. The number of rotatable bonds is 4. The predicted molar refractivity (Wildman–Crippen MR) is 93.6 cm³/mol. The summed E-state index contributed by atoms with van der Waals surface area (Å²) in [6.07, 6.45) is 3.66. The van der Waals surface area contributed by atoms with Crippen molar-refractivity contribution in [2.75, 3.05) is 13.4 Å². The van der Waals surface area contributed by atoms with Gasteiger partial charge in [-0.1, -0.05) is 0 Å². The maximum absolute atomic E-state index is 12.9. The molecule has 0 saturated carbocycles. The van der Waals surface area contributed by atoms with E-state index in [0.29, 0.717) is 22.6 Å². The number of fused-ring (bicyclic) bond motifs is 1. The van der Waals surface area contributed by atoms with E-state index in [1.807, 2.05) is 23.9 Å². The zero-order valence-electron chi connectivity index (χ0n) is 13.5. The molecule has 0 amide bonds. The van der Waals surface area contributed by atoms with Crippen molar-refractivity contribution in [1.82, 2.24) is 9.55 Å². The third kappa shape index (κ3) is 2.74. The van der Waals surface area contributed by atoms with Crippen LogP contribution in [0.4, 0.5) is 0 Å². The van der Waals surface area contributed by atoms with Gasteiger partial charge >= 0.3 is 0 Å². The number of carbonyl (C=O) groups is 1. The fourth-order valence-electron chi connectivity index (χ4n) is 2.61. The Morgan fingerprint density at radius 2 is 2.08 bits per heavy atom. The second kappa shape index (κ2) is 6.38. The van der Waals surface area contributed by atoms with E-state index in [1.54, 1.807) is 30.5 Å². The van der Waals surface area contributed by atoms with Gasteiger partial charge in [0.05, 0.1) is 12.7 Å². The molecule has 0 spiro atoms. The number of thioether (sulfide) groups is 1. The Morgan fingerprint density at radius 1 is 1.29 bits per heavy atom. The molecule has 0 unspecified atom stereocenters. The van der Waals surface area contributed by atoms with E-state index in [2.05, 4.69) is 11.1 Å². The van der Waals surface area contributed by atoms with Crippen LogP contribution >= 0.6 is 11.8 Å². The first kappa shape index (κ1) is 16.1. The molecule has 0 aliphatic carbocycles. The van der Waals surface area contributed by atoms with Gasteiger partial charge in [0, 0.05) is 41.3 Å². The molecular formula is C18H15N3O2S. The van der Waals surface area contributed by atoms with Crippen molar-refractivity contribution in [1.29, 1.82) is 5.26 Å². The highest BCUT2D eigenvalue weighted by molar-refractivity contribution is 7.98. The fourth-order valence-corrected chi connectivity index (χ4v) is 3.04. The van der Waals surface area contributed by atoms with E-state index in [9.17, 15) is 10.1 Å². The zero-order chi connectivity index (χ0) is 17.3. The molecule has 5 nitrogen and oxygen atoms in total. The van der Waals surface area contributed by atoms with Crippen LogP contribution in [-0.4, -0.2) is 28.7 Å². The summed E-state index contributed by atoms with van der Waals surface area (Å²) in [6, 6.07) is 10.9. The molecule has 0 aliphatic rings. The second-order valence-electron chi connectivity index (χ2n) is 5.27. The number of methoxy groups -OCH3 is 1. The molecule has 0 radical (unpaired) electrons. The molecule has 0 atom stereocenters. The molecule has 0 saturated heterocycles. The minimum Gasteiger partial charge on any atom is -0.481 e. The van der Waals surface area contributed by atoms with Crippen molar-refractivity contribution >= 4 is 28.4 Å². The second-order valence-corrected chi connectivity index (χ2v) is 6.09. The number of hydrogen-bond acceptors (Lipinski definition) is 5. The van der Waals surface area contributed by atoms with E-state index in [-0.39, 0.29) is 5.78 Å². The minimum absolute atomic E-state index is 0.124. The molecule has 0 fully saturated rings. The molecule has 0 bridgehead atoms. The van der Waals surface area contributed by atoms with Gasteiger partial charge in [-0.3, -0.25) is 4.79 Å². The zero-order valence-corrected chi connectivity index (χ0v) is 14.3. The molecule has 120 valence electrons. The SMILES string of the molecule is COc1cc(C(=O)c2ccc3c(c2)c(C#N)cn3C)cc(SC)n1. The van der Waals surface area contributed by atoms with Crippen molar-refractivity contribution in [2.45, 2.75) is 5.03 Å². The number of ketones is 1. The van der Waals surface area contributed by atoms with Gasteiger partial charge in [-0.2, -0.15) is 5.26 Å². The number of nitriles is 1. The Hall–Kier alpha value is -2.78. The highest BCUT2D eigenvalue weighted by Crippen LogP contribution is 2.25. The molecule has 3 aromatic rings. The van der Waals surface area contributed by atoms with E-state index in [4.69, 9.17) is 4.74 Å². The van der Waals surface area contributed by atoms with Gasteiger partial charge in [-0.05, 0) is 30.5 Å². The lowest BCUT2D eigenvalue weighted by atomic mass is 10.0. The van der Waals surface area contributed by atoms with Crippen molar-refractivity contribution in [3.05, 3.63) is 53.2 Å². The van der Waals surface area contributed by atoms with Crippen LogP contribution in [0.3, 0.4) is 0 Å².